The minimum absolute atomic E-state index is 0.0351. The average molecular weight is 397 g/mol. The van der Waals surface area contributed by atoms with Crippen LogP contribution < -0.4 is 8.92 Å². The highest BCUT2D eigenvalue weighted by atomic mass is 79.9. The summed E-state index contributed by atoms with van der Waals surface area (Å²) in [6, 6.07) is 11.9. The smallest absolute Gasteiger partial charge is 0.320 e. The first-order valence-electron chi connectivity index (χ1n) is 6.81. The first-order valence-corrected chi connectivity index (χ1v) is 9.08. The Hall–Kier alpha value is -1.86. The molecule has 0 saturated carbocycles. The van der Waals surface area contributed by atoms with Gasteiger partial charge in [0.2, 0.25) is 0 Å². The van der Waals surface area contributed by atoms with Crippen LogP contribution in [0.5, 0.6) is 11.5 Å². The van der Waals surface area contributed by atoms with Gasteiger partial charge in [-0.15, -0.1) is 0 Å². The molecule has 120 valence electrons. The molecule has 0 fully saturated rings. The Morgan fingerprint density at radius 3 is 2.52 bits per heavy atom. The van der Waals surface area contributed by atoms with Crippen molar-refractivity contribution in [3.63, 3.8) is 0 Å². The molecule has 0 N–H and O–H groups in total. The number of hydrogen-bond donors (Lipinski definition) is 0. The Morgan fingerprint density at radius 1 is 1.17 bits per heavy atom. The Labute approximate surface area is 142 Å². The maximum atomic E-state index is 12.6. The molecule has 5 nitrogen and oxygen atoms in total. The zero-order chi connectivity index (χ0) is 16.6. The maximum absolute atomic E-state index is 12.6. The van der Waals surface area contributed by atoms with E-state index in [9.17, 15) is 13.2 Å². The number of fused-ring (bicyclic) bond motifs is 1. The van der Waals surface area contributed by atoms with E-state index in [4.69, 9.17) is 8.92 Å². The second-order valence-electron chi connectivity index (χ2n) is 5.10. The predicted octanol–water partition coefficient (Wildman–Crippen LogP) is 2.97. The normalized spacial score (nSPS) is 18.9. The molecule has 1 aliphatic rings. The lowest BCUT2D eigenvalue weighted by Gasteiger charge is -2.24. The van der Waals surface area contributed by atoms with Crippen LogP contribution in [0.1, 0.15) is 15.9 Å². The molecular formula is C16H13BrO5S. The largest absolute Gasteiger partial charge is 0.493 e. The molecule has 0 aromatic heterocycles. The molecule has 0 amide bonds. The molecule has 7 heteroatoms. The fourth-order valence-corrected chi connectivity index (χ4v) is 4.04. The predicted molar refractivity (Wildman–Crippen MR) is 88.5 cm³/mol. The van der Waals surface area contributed by atoms with E-state index < -0.39 is 21.2 Å². The molecule has 23 heavy (non-hydrogen) atoms. The van der Waals surface area contributed by atoms with Crippen molar-refractivity contribution in [1.82, 2.24) is 0 Å². The quantitative estimate of drug-likeness (QED) is 0.745. The fourth-order valence-electron chi connectivity index (χ4n) is 2.46. The molecule has 1 heterocycles. The van der Waals surface area contributed by atoms with Crippen LogP contribution in [-0.2, 0) is 16.5 Å². The number of Topliss-reactive ketones (excluding diaryl/α,β-unsaturated/α-hetero) is 1. The average Bonchev–Trinajstić information content (AvgIpc) is 2.52. The number of rotatable bonds is 3. The topological polar surface area (TPSA) is 69.7 Å². The zero-order valence-corrected chi connectivity index (χ0v) is 14.6. The van der Waals surface area contributed by atoms with Gasteiger partial charge >= 0.3 is 10.1 Å². The summed E-state index contributed by atoms with van der Waals surface area (Å²) >= 11 is 3.32. The second kappa shape index (κ2) is 5.98. The first kappa shape index (κ1) is 16.0. The molecule has 1 unspecified atom stereocenters. The summed E-state index contributed by atoms with van der Waals surface area (Å²) < 4.78 is 35.9. The Balaban J connectivity index is 2.01. The second-order valence-corrected chi connectivity index (χ2v) is 7.73. The summed E-state index contributed by atoms with van der Waals surface area (Å²) in [4.78, 5) is 12.6. The highest BCUT2D eigenvalue weighted by Gasteiger charge is 2.42. The summed E-state index contributed by atoms with van der Waals surface area (Å²) in [5, 5.41) is -1.26. The fraction of sp³-hybridized carbons (Fsp3) is 0.188. The molecule has 0 saturated heterocycles. The van der Waals surface area contributed by atoms with Gasteiger partial charge < -0.3 is 8.92 Å². The van der Waals surface area contributed by atoms with Gasteiger partial charge in [0, 0.05) is 10.9 Å². The Bertz CT molecular complexity index is 859. The summed E-state index contributed by atoms with van der Waals surface area (Å²) in [5.41, 5.74) is 0.964. The van der Waals surface area contributed by atoms with Crippen LogP contribution in [0.3, 0.4) is 0 Å². The van der Waals surface area contributed by atoms with Gasteiger partial charge in [0.25, 0.3) is 0 Å². The van der Waals surface area contributed by atoms with E-state index >= 15 is 0 Å². The maximum Gasteiger partial charge on any atom is 0.320 e. The molecule has 3 rings (SSSR count). The van der Waals surface area contributed by atoms with Gasteiger partial charge in [-0.25, -0.2) is 0 Å². The van der Waals surface area contributed by atoms with Crippen molar-refractivity contribution in [2.24, 2.45) is 0 Å². The number of ketones is 1. The van der Waals surface area contributed by atoms with Crippen molar-refractivity contribution in [3.8, 4) is 11.5 Å². The van der Waals surface area contributed by atoms with Gasteiger partial charge in [-0.1, -0.05) is 34.1 Å². The number of para-hydroxylation sites is 1. The van der Waals surface area contributed by atoms with E-state index in [0.717, 1.165) is 10.0 Å². The third-order valence-electron chi connectivity index (χ3n) is 3.64. The van der Waals surface area contributed by atoms with E-state index in [1.54, 1.807) is 42.5 Å². The molecule has 2 aromatic rings. The molecule has 1 aliphatic heterocycles. The van der Waals surface area contributed by atoms with E-state index in [1.807, 2.05) is 0 Å². The minimum Gasteiger partial charge on any atom is -0.493 e. The van der Waals surface area contributed by atoms with Crippen LogP contribution in [0.4, 0.5) is 0 Å². The SMILES string of the molecule is COc1cccc2c1OS(=O)(=O)C(Cc1ccc(Br)cc1)C2=O. The number of ether oxygens (including phenoxy) is 1. The molecule has 1 atom stereocenters. The van der Waals surface area contributed by atoms with Crippen LogP contribution in [0.2, 0.25) is 0 Å². The van der Waals surface area contributed by atoms with Crippen molar-refractivity contribution in [2.75, 3.05) is 7.11 Å². The van der Waals surface area contributed by atoms with Crippen LogP contribution in [0.25, 0.3) is 0 Å². The zero-order valence-electron chi connectivity index (χ0n) is 12.2. The molecule has 0 radical (unpaired) electrons. The van der Waals surface area contributed by atoms with Gasteiger partial charge in [-0.3, -0.25) is 4.79 Å². The summed E-state index contributed by atoms with van der Waals surface area (Å²) in [7, 11) is -2.68. The van der Waals surface area contributed by atoms with Crippen molar-refractivity contribution < 1.29 is 22.1 Å². The molecule has 0 bridgehead atoms. The highest BCUT2D eigenvalue weighted by Crippen LogP contribution is 2.38. The van der Waals surface area contributed by atoms with Gasteiger partial charge in [0.1, 0.15) is 0 Å². The summed E-state index contributed by atoms with van der Waals surface area (Å²) in [5.74, 6) is -0.290. The molecule has 2 aromatic carbocycles. The lowest BCUT2D eigenvalue weighted by atomic mass is 10.0. The number of carbonyl (C=O) groups excluding carboxylic acids is 1. The van der Waals surface area contributed by atoms with Crippen molar-refractivity contribution in [2.45, 2.75) is 11.7 Å². The van der Waals surface area contributed by atoms with E-state index in [-0.39, 0.29) is 23.5 Å². The van der Waals surface area contributed by atoms with Crippen LogP contribution in [0.15, 0.2) is 46.9 Å². The Morgan fingerprint density at radius 2 is 1.87 bits per heavy atom. The van der Waals surface area contributed by atoms with E-state index in [1.165, 1.54) is 7.11 Å². The Kier molecular flexibility index (Phi) is 4.16. The number of hydrogen-bond acceptors (Lipinski definition) is 5. The van der Waals surface area contributed by atoms with Gasteiger partial charge in [-0.05, 0) is 29.8 Å². The number of methoxy groups -OCH3 is 1. The molecule has 0 aliphatic carbocycles. The lowest BCUT2D eigenvalue weighted by Crippen LogP contribution is -2.39. The third-order valence-corrected chi connectivity index (χ3v) is 5.64. The standard InChI is InChI=1S/C16H13BrO5S/c1-21-13-4-2-3-12-15(18)14(23(19,20)22-16(12)13)9-10-5-7-11(17)8-6-10/h2-8,14H,9H2,1H3. The monoisotopic (exact) mass is 396 g/mol. The van der Waals surface area contributed by atoms with Crippen molar-refractivity contribution in [3.05, 3.63) is 58.1 Å². The van der Waals surface area contributed by atoms with Crippen LogP contribution >= 0.6 is 15.9 Å². The number of carbonyl (C=O) groups is 1. The van der Waals surface area contributed by atoms with E-state index in [0.29, 0.717) is 0 Å². The van der Waals surface area contributed by atoms with Gasteiger partial charge in [-0.2, -0.15) is 8.42 Å². The highest BCUT2D eigenvalue weighted by molar-refractivity contribution is 9.10. The lowest BCUT2D eigenvalue weighted by molar-refractivity contribution is 0.0975. The van der Waals surface area contributed by atoms with Gasteiger partial charge in [0.15, 0.2) is 22.5 Å². The minimum atomic E-state index is -4.07. The third kappa shape index (κ3) is 2.98. The van der Waals surface area contributed by atoms with Crippen LogP contribution in [0, 0.1) is 0 Å². The van der Waals surface area contributed by atoms with Crippen LogP contribution in [-0.4, -0.2) is 26.6 Å². The van der Waals surface area contributed by atoms with Crippen molar-refractivity contribution in [1.29, 1.82) is 0 Å². The van der Waals surface area contributed by atoms with E-state index in [2.05, 4.69) is 15.9 Å². The van der Waals surface area contributed by atoms with Crippen molar-refractivity contribution >= 4 is 31.8 Å². The molecular weight excluding hydrogens is 384 g/mol. The summed E-state index contributed by atoms with van der Waals surface area (Å²) in [6.45, 7) is 0. The molecule has 0 spiro atoms. The van der Waals surface area contributed by atoms with Gasteiger partial charge in [0.05, 0.1) is 12.7 Å². The number of benzene rings is 2. The summed E-state index contributed by atoms with van der Waals surface area (Å²) in [6.07, 6.45) is 0.0606. The number of halogens is 1. The first-order chi connectivity index (χ1) is 10.9.